The van der Waals surface area contributed by atoms with E-state index in [4.69, 9.17) is 14.6 Å². The molecule has 12 nitrogen and oxygen atoms in total. The molecule has 0 aliphatic heterocycles. The largest absolute Gasteiger partial charge is 0.490 e. The fourth-order valence-corrected chi connectivity index (χ4v) is 3.96. The summed E-state index contributed by atoms with van der Waals surface area (Å²) >= 11 is 0. The summed E-state index contributed by atoms with van der Waals surface area (Å²) in [6.45, 7) is 0. The third-order valence-corrected chi connectivity index (χ3v) is 5.80. The van der Waals surface area contributed by atoms with Crippen LogP contribution in [0.15, 0.2) is 65.6 Å². The number of carbonyl (C=O) groups is 2. The second-order valence-corrected chi connectivity index (χ2v) is 8.33. The zero-order valence-corrected chi connectivity index (χ0v) is 18.1. The molecule has 0 amide bonds. The molecule has 0 aromatic heterocycles. The number of nitro groups is 1. The van der Waals surface area contributed by atoms with Crippen LogP contribution in [-0.4, -0.2) is 42.6 Å². The number of carboxylic acid groups (broad SMARTS) is 2. The smallest absolute Gasteiger partial charge is 0.337 e. The van der Waals surface area contributed by atoms with Gasteiger partial charge in [-0.3, -0.25) is 14.8 Å². The highest BCUT2D eigenvalue weighted by Crippen LogP contribution is 2.32. The highest BCUT2D eigenvalue weighted by Gasteiger charge is 2.24. The van der Waals surface area contributed by atoms with Crippen molar-refractivity contribution in [2.75, 3.05) is 11.8 Å². The van der Waals surface area contributed by atoms with Crippen LogP contribution >= 0.6 is 0 Å². The zero-order chi connectivity index (χ0) is 25.0. The van der Waals surface area contributed by atoms with Gasteiger partial charge < -0.3 is 19.7 Å². The molecule has 0 unspecified atom stereocenters. The lowest BCUT2D eigenvalue weighted by Crippen LogP contribution is -2.16. The number of aromatic carboxylic acids is 2. The molecule has 0 aliphatic carbocycles. The molecule has 0 fully saturated rings. The fourth-order valence-electron chi connectivity index (χ4n) is 2.86. The molecular formula is C21H16N2O10S. The first kappa shape index (κ1) is 24.0. The van der Waals surface area contributed by atoms with Gasteiger partial charge in [-0.1, -0.05) is 6.07 Å². The van der Waals surface area contributed by atoms with Gasteiger partial charge in [0.2, 0.25) is 0 Å². The van der Waals surface area contributed by atoms with Crippen molar-refractivity contribution < 1.29 is 42.6 Å². The van der Waals surface area contributed by atoms with Crippen LogP contribution in [0.4, 0.5) is 11.4 Å². The van der Waals surface area contributed by atoms with Crippen LogP contribution in [-0.2, 0) is 10.0 Å². The van der Waals surface area contributed by atoms with Crippen LogP contribution in [0.2, 0.25) is 0 Å². The number of hydrogen-bond donors (Lipinski definition) is 3. The van der Waals surface area contributed by atoms with Crippen molar-refractivity contribution in [2.24, 2.45) is 0 Å². The van der Waals surface area contributed by atoms with Gasteiger partial charge in [0.25, 0.3) is 10.0 Å². The maximum atomic E-state index is 12.8. The van der Waals surface area contributed by atoms with Crippen molar-refractivity contribution in [1.29, 1.82) is 0 Å². The Balaban J connectivity index is 1.94. The molecular weight excluding hydrogens is 472 g/mol. The van der Waals surface area contributed by atoms with Crippen LogP contribution in [0.1, 0.15) is 20.7 Å². The number of benzene rings is 3. The Labute approximate surface area is 192 Å². The minimum Gasteiger partial charge on any atom is -0.490 e. The number of ether oxygens (including phenoxy) is 2. The van der Waals surface area contributed by atoms with Gasteiger partial charge >= 0.3 is 17.6 Å². The quantitative estimate of drug-likeness (QED) is 0.297. The van der Waals surface area contributed by atoms with Gasteiger partial charge in [0.05, 0.1) is 33.7 Å². The Hall–Kier alpha value is -4.65. The molecule has 0 atom stereocenters. The number of sulfonamides is 1. The molecule has 0 saturated heterocycles. The first-order valence-corrected chi connectivity index (χ1v) is 10.7. The minimum atomic E-state index is -4.42. The first-order valence-electron chi connectivity index (χ1n) is 9.25. The normalized spacial score (nSPS) is 10.9. The Morgan fingerprint density at radius 3 is 2.29 bits per heavy atom. The van der Waals surface area contributed by atoms with E-state index >= 15 is 0 Å². The third-order valence-electron chi connectivity index (χ3n) is 4.44. The van der Waals surface area contributed by atoms with Gasteiger partial charge in [-0.05, 0) is 48.5 Å². The lowest BCUT2D eigenvalue weighted by Gasteiger charge is -2.13. The number of methoxy groups -OCH3 is 1. The highest BCUT2D eigenvalue weighted by molar-refractivity contribution is 7.92. The standard InChI is InChI=1S/C21H16N2O10S/c1-32-19-8-6-15(11-18(19)23(28)29)34(30,31)22-17-7-5-14(10-16(17)21(26)27)33-13-4-2-3-12(9-13)20(24)25/h2-11,22H,1H3,(H,24,25)(H,26,27). The molecule has 3 rings (SSSR count). The summed E-state index contributed by atoms with van der Waals surface area (Å²) < 4.78 is 38.0. The summed E-state index contributed by atoms with van der Waals surface area (Å²) in [5.74, 6) is -2.69. The first-order chi connectivity index (χ1) is 16.0. The van der Waals surface area contributed by atoms with Gasteiger partial charge in [-0.25, -0.2) is 18.0 Å². The zero-order valence-electron chi connectivity index (χ0n) is 17.3. The molecule has 0 heterocycles. The van der Waals surface area contributed by atoms with E-state index in [0.717, 1.165) is 30.3 Å². The average molecular weight is 488 g/mol. The fraction of sp³-hybridized carbons (Fsp3) is 0.0476. The summed E-state index contributed by atoms with van der Waals surface area (Å²) in [5.41, 5.74) is -1.43. The second-order valence-electron chi connectivity index (χ2n) is 6.64. The molecule has 0 spiro atoms. The number of anilines is 1. The molecule has 3 aromatic carbocycles. The summed E-state index contributed by atoms with van der Waals surface area (Å²) in [6.07, 6.45) is 0. The summed E-state index contributed by atoms with van der Waals surface area (Å²) in [6, 6.07) is 11.9. The number of carboxylic acids is 2. The van der Waals surface area contributed by atoms with E-state index in [2.05, 4.69) is 4.72 Å². The highest BCUT2D eigenvalue weighted by atomic mass is 32.2. The predicted octanol–water partition coefficient (Wildman–Crippen LogP) is 3.59. The average Bonchev–Trinajstić information content (AvgIpc) is 2.79. The van der Waals surface area contributed by atoms with Crippen LogP contribution in [0.25, 0.3) is 0 Å². The van der Waals surface area contributed by atoms with Crippen molar-refractivity contribution >= 4 is 33.3 Å². The summed E-state index contributed by atoms with van der Waals surface area (Å²) in [7, 11) is -3.23. The third kappa shape index (κ3) is 5.21. The van der Waals surface area contributed by atoms with E-state index in [9.17, 15) is 33.2 Å². The predicted molar refractivity (Wildman–Crippen MR) is 117 cm³/mol. The van der Waals surface area contributed by atoms with E-state index in [1.54, 1.807) is 0 Å². The van der Waals surface area contributed by atoms with E-state index in [1.807, 2.05) is 0 Å². The molecule has 0 saturated carbocycles. The SMILES string of the molecule is COc1ccc(S(=O)(=O)Nc2ccc(Oc3cccc(C(=O)O)c3)cc2C(=O)O)cc1[N+](=O)[O-]. The monoisotopic (exact) mass is 488 g/mol. The molecule has 13 heteroatoms. The van der Waals surface area contributed by atoms with Crippen molar-refractivity contribution in [3.8, 4) is 17.2 Å². The van der Waals surface area contributed by atoms with Crippen LogP contribution < -0.4 is 14.2 Å². The number of hydrogen-bond acceptors (Lipinski definition) is 8. The second kappa shape index (κ2) is 9.46. The number of nitro benzene ring substituents is 1. The Kier molecular flexibility index (Phi) is 6.68. The summed E-state index contributed by atoms with van der Waals surface area (Å²) in [4.78, 5) is 32.7. The van der Waals surface area contributed by atoms with Crippen molar-refractivity contribution in [3.05, 3.63) is 81.9 Å². The van der Waals surface area contributed by atoms with Gasteiger partial charge in [0.15, 0.2) is 5.75 Å². The van der Waals surface area contributed by atoms with Crippen LogP contribution in [0.3, 0.4) is 0 Å². The van der Waals surface area contributed by atoms with Gasteiger partial charge in [-0.2, -0.15) is 0 Å². The molecule has 176 valence electrons. The van der Waals surface area contributed by atoms with Crippen LogP contribution in [0, 0.1) is 10.1 Å². The van der Waals surface area contributed by atoms with Gasteiger partial charge in [0.1, 0.15) is 11.5 Å². The summed E-state index contributed by atoms with van der Waals surface area (Å²) in [5, 5.41) is 29.8. The Morgan fingerprint density at radius 1 is 0.971 bits per heavy atom. The number of nitrogens with zero attached hydrogens (tertiary/aromatic N) is 1. The van der Waals surface area contributed by atoms with E-state index in [0.29, 0.717) is 0 Å². The molecule has 3 N–H and O–H groups in total. The molecule has 0 bridgehead atoms. The maximum Gasteiger partial charge on any atom is 0.337 e. The Bertz CT molecular complexity index is 1400. The minimum absolute atomic E-state index is 0.00275. The number of nitrogens with one attached hydrogen (secondary N) is 1. The van der Waals surface area contributed by atoms with Crippen molar-refractivity contribution in [1.82, 2.24) is 0 Å². The number of rotatable bonds is 9. The van der Waals surface area contributed by atoms with Crippen LogP contribution in [0.5, 0.6) is 17.2 Å². The van der Waals surface area contributed by atoms with Crippen molar-refractivity contribution in [2.45, 2.75) is 4.90 Å². The molecule has 3 aromatic rings. The molecule has 34 heavy (non-hydrogen) atoms. The molecule has 0 aliphatic rings. The molecule has 0 radical (unpaired) electrons. The van der Waals surface area contributed by atoms with Gasteiger partial charge in [0, 0.05) is 6.07 Å². The van der Waals surface area contributed by atoms with E-state index < -0.39 is 43.0 Å². The Morgan fingerprint density at radius 2 is 1.68 bits per heavy atom. The topological polar surface area (TPSA) is 182 Å². The maximum absolute atomic E-state index is 12.8. The lowest BCUT2D eigenvalue weighted by atomic mass is 10.1. The van der Waals surface area contributed by atoms with E-state index in [-0.39, 0.29) is 28.5 Å². The van der Waals surface area contributed by atoms with Gasteiger partial charge in [-0.15, -0.1) is 0 Å². The van der Waals surface area contributed by atoms with E-state index in [1.165, 1.54) is 37.4 Å². The van der Waals surface area contributed by atoms with Crippen molar-refractivity contribution in [3.63, 3.8) is 0 Å². The lowest BCUT2D eigenvalue weighted by molar-refractivity contribution is -0.386.